The van der Waals surface area contributed by atoms with E-state index in [1.54, 1.807) is 13.0 Å². The molecule has 0 bridgehead atoms. The molecule has 17 heavy (non-hydrogen) atoms. The topological polar surface area (TPSA) is 55.1 Å². The third kappa shape index (κ3) is 2.71. The third-order valence-corrected chi connectivity index (χ3v) is 2.52. The molecule has 0 aliphatic heterocycles. The normalized spacial score (nSPS) is 10.3. The lowest BCUT2D eigenvalue weighted by Gasteiger charge is -2.04. The number of nitrogens with one attached hydrogen (secondary N) is 1. The van der Waals surface area contributed by atoms with Crippen LogP contribution in [0.5, 0.6) is 0 Å². The quantitative estimate of drug-likeness (QED) is 0.927. The van der Waals surface area contributed by atoms with Crippen molar-refractivity contribution in [2.24, 2.45) is 0 Å². The van der Waals surface area contributed by atoms with Crippen LogP contribution in [0.2, 0.25) is 0 Å². The molecule has 0 fully saturated rings. The lowest BCUT2D eigenvalue weighted by molar-refractivity contribution is 0.0987. The molecule has 0 radical (unpaired) electrons. The number of nitrogens with zero attached hydrogens (tertiary/aromatic N) is 1. The first-order valence-corrected chi connectivity index (χ1v) is 5.55. The molecule has 4 nitrogen and oxygen atoms in total. The van der Waals surface area contributed by atoms with Gasteiger partial charge in [0, 0.05) is 10.5 Å². The number of halogens is 2. The number of benzene rings is 1. The molecule has 0 spiro atoms. The molecule has 6 heteroatoms. The summed E-state index contributed by atoms with van der Waals surface area (Å²) in [4.78, 5) is 11.6. The van der Waals surface area contributed by atoms with Crippen molar-refractivity contribution in [1.82, 2.24) is 5.16 Å². The summed E-state index contributed by atoms with van der Waals surface area (Å²) in [5.41, 5.74) is 0.679. The number of carbonyl (C=O) groups is 1. The van der Waals surface area contributed by atoms with Crippen LogP contribution in [0.3, 0.4) is 0 Å². The van der Waals surface area contributed by atoms with E-state index >= 15 is 0 Å². The maximum atomic E-state index is 13.4. The Hall–Kier alpha value is -1.69. The fourth-order valence-corrected chi connectivity index (χ4v) is 1.58. The molecule has 88 valence electrons. The molecule has 2 aromatic rings. The van der Waals surface area contributed by atoms with Crippen LogP contribution in [0.1, 0.15) is 16.2 Å². The Morgan fingerprint density at radius 2 is 2.24 bits per heavy atom. The first-order valence-electron chi connectivity index (χ1n) is 4.76. The Morgan fingerprint density at radius 3 is 2.82 bits per heavy atom. The summed E-state index contributed by atoms with van der Waals surface area (Å²) in [6.07, 6.45) is 0. The highest BCUT2D eigenvalue weighted by atomic mass is 79.9. The lowest BCUT2D eigenvalue weighted by Crippen LogP contribution is -2.12. The van der Waals surface area contributed by atoms with E-state index in [-0.39, 0.29) is 11.4 Å². The second-order valence-electron chi connectivity index (χ2n) is 3.41. The summed E-state index contributed by atoms with van der Waals surface area (Å²) in [7, 11) is 0. The average Bonchev–Trinajstić information content (AvgIpc) is 2.69. The number of carbonyl (C=O) groups excluding carboxylic acids is 1. The average molecular weight is 299 g/mol. The largest absolute Gasteiger partial charge is 0.351 e. The molecule has 0 saturated carbocycles. The number of anilines is 1. The van der Waals surface area contributed by atoms with Gasteiger partial charge in [-0.3, -0.25) is 4.79 Å². The Balaban J connectivity index is 2.18. The van der Waals surface area contributed by atoms with Crippen molar-refractivity contribution in [3.8, 4) is 0 Å². The molecule has 0 unspecified atom stereocenters. The first kappa shape index (κ1) is 11.8. The smallest absolute Gasteiger partial charge is 0.294 e. The molecular weight excluding hydrogens is 291 g/mol. The molecular formula is C11H8BrFN2O2. The highest BCUT2D eigenvalue weighted by molar-refractivity contribution is 9.10. The second kappa shape index (κ2) is 4.67. The fraction of sp³-hybridized carbons (Fsp3) is 0.0909. The van der Waals surface area contributed by atoms with Gasteiger partial charge in [0.15, 0.2) is 0 Å². The van der Waals surface area contributed by atoms with Crippen molar-refractivity contribution in [3.63, 3.8) is 0 Å². The van der Waals surface area contributed by atoms with Crippen molar-refractivity contribution in [2.75, 3.05) is 5.32 Å². The minimum absolute atomic E-state index is 0.0461. The Labute approximate surface area is 105 Å². The molecule has 0 aliphatic rings. The van der Waals surface area contributed by atoms with Crippen LogP contribution < -0.4 is 5.32 Å². The van der Waals surface area contributed by atoms with Crippen LogP contribution in [0.4, 0.5) is 10.1 Å². The first-order chi connectivity index (χ1) is 8.06. The highest BCUT2D eigenvalue weighted by Gasteiger charge is 2.13. The Morgan fingerprint density at radius 1 is 1.47 bits per heavy atom. The molecule has 1 aromatic heterocycles. The molecule has 0 aliphatic carbocycles. The maximum Gasteiger partial charge on any atom is 0.294 e. The number of aromatic nitrogens is 1. The van der Waals surface area contributed by atoms with E-state index in [1.165, 1.54) is 18.2 Å². The summed E-state index contributed by atoms with van der Waals surface area (Å²) in [5, 5.41) is 5.98. The maximum absolute atomic E-state index is 13.4. The van der Waals surface area contributed by atoms with Gasteiger partial charge in [-0.15, -0.1) is 0 Å². The fourth-order valence-electron chi connectivity index (χ4n) is 1.25. The van der Waals surface area contributed by atoms with Crippen molar-refractivity contribution in [2.45, 2.75) is 6.92 Å². The Bertz CT molecular complexity index is 568. The number of hydrogen-bond acceptors (Lipinski definition) is 3. The molecule has 1 N–H and O–H groups in total. The lowest BCUT2D eigenvalue weighted by atomic mass is 10.3. The second-order valence-corrected chi connectivity index (χ2v) is 4.33. The zero-order valence-electron chi connectivity index (χ0n) is 8.83. The standard InChI is InChI=1S/C11H8BrFN2O2/c1-6-4-10(17-15-6)11(16)14-9-3-2-7(12)5-8(9)13/h2-5H,1H3,(H,14,16). The summed E-state index contributed by atoms with van der Waals surface area (Å²) in [5.74, 6) is -1.01. The van der Waals surface area contributed by atoms with Gasteiger partial charge < -0.3 is 9.84 Å². The number of aryl methyl sites for hydroxylation is 1. The molecule has 0 atom stereocenters. The molecule has 1 amide bonds. The van der Waals surface area contributed by atoms with Crippen LogP contribution >= 0.6 is 15.9 Å². The molecule has 2 rings (SSSR count). The minimum Gasteiger partial charge on any atom is -0.351 e. The highest BCUT2D eigenvalue weighted by Crippen LogP contribution is 2.20. The van der Waals surface area contributed by atoms with Gasteiger partial charge in [-0.25, -0.2) is 4.39 Å². The van der Waals surface area contributed by atoms with Crippen LogP contribution in [0.25, 0.3) is 0 Å². The zero-order chi connectivity index (χ0) is 12.4. The number of amides is 1. The molecule has 1 heterocycles. The van der Waals surface area contributed by atoms with E-state index < -0.39 is 11.7 Å². The third-order valence-electron chi connectivity index (χ3n) is 2.03. The van der Waals surface area contributed by atoms with Crippen molar-refractivity contribution < 1.29 is 13.7 Å². The van der Waals surface area contributed by atoms with Gasteiger partial charge in [0.1, 0.15) is 5.82 Å². The van der Waals surface area contributed by atoms with Crippen LogP contribution in [-0.2, 0) is 0 Å². The molecule has 0 saturated heterocycles. The summed E-state index contributed by atoms with van der Waals surface area (Å²) in [6.45, 7) is 1.69. The van der Waals surface area contributed by atoms with Gasteiger partial charge >= 0.3 is 0 Å². The summed E-state index contributed by atoms with van der Waals surface area (Å²) < 4.78 is 18.8. The molecule has 1 aromatic carbocycles. The van der Waals surface area contributed by atoms with E-state index in [9.17, 15) is 9.18 Å². The van der Waals surface area contributed by atoms with E-state index in [0.29, 0.717) is 10.2 Å². The van der Waals surface area contributed by atoms with E-state index in [1.807, 2.05) is 0 Å². The van der Waals surface area contributed by atoms with Gasteiger partial charge in [-0.2, -0.15) is 0 Å². The van der Waals surface area contributed by atoms with Crippen LogP contribution in [0, 0.1) is 12.7 Å². The van der Waals surface area contributed by atoms with E-state index in [0.717, 1.165) is 0 Å². The van der Waals surface area contributed by atoms with Crippen LogP contribution in [-0.4, -0.2) is 11.1 Å². The van der Waals surface area contributed by atoms with Gasteiger partial charge in [0.25, 0.3) is 5.91 Å². The van der Waals surface area contributed by atoms with E-state index in [2.05, 4.69) is 26.4 Å². The van der Waals surface area contributed by atoms with Crippen molar-refractivity contribution in [3.05, 3.63) is 46.0 Å². The minimum atomic E-state index is -0.535. The SMILES string of the molecule is Cc1cc(C(=O)Nc2ccc(Br)cc2F)on1. The van der Waals surface area contributed by atoms with Crippen LogP contribution in [0.15, 0.2) is 33.3 Å². The predicted octanol–water partition coefficient (Wildman–Crippen LogP) is 3.14. The van der Waals surface area contributed by atoms with Gasteiger partial charge in [-0.1, -0.05) is 21.1 Å². The van der Waals surface area contributed by atoms with E-state index in [4.69, 9.17) is 4.52 Å². The monoisotopic (exact) mass is 298 g/mol. The van der Waals surface area contributed by atoms with Crippen molar-refractivity contribution in [1.29, 1.82) is 0 Å². The van der Waals surface area contributed by atoms with Crippen molar-refractivity contribution >= 4 is 27.5 Å². The number of rotatable bonds is 2. The van der Waals surface area contributed by atoms with Gasteiger partial charge in [0.2, 0.25) is 5.76 Å². The van der Waals surface area contributed by atoms with Gasteiger partial charge in [-0.05, 0) is 25.1 Å². The summed E-state index contributed by atoms with van der Waals surface area (Å²) in [6, 6.07) is 5.83. The Kier molecular flexibility index (Phi) is 3.23. The predicted molar refractivity (Wildman–Crippen MR) is 63.3 cm³/mol. The summed E-state index contributed by atoms with van der Waals surface area (Å²) >= 11 is 3.13. The zero-order valence-corrected chi connectivity index (χ0v) is 10.4. The number of hydrogen-bond donors (Lipinski definition) is 1. The van der Waals surface area contributed by atoms with Gasteiger partial charge in [0.05, 0.1) is 11.4 Å².